The van der Waals surface area contributed by atoms with Crippen LogP contribution >= 0.6 is 11.6 Å². The Kier molecular flexibility index (Phi) is 5.84. The molecule has 27 heavy (non-hydrogen) atoms. The number of aromatic nitrogens is 1. The number of nitrogens with zero attached hydrogens (tertiary/aromatic N) is 1. The topological polar surface area (TPSA) is 71.1 Å². The van der Waals surface area contributed by atoms with Crippen LogP contribution in [0.5, 0.6) is 0 Å². The fraction of sp³-hybridized carbons (Fsp3) is 0.0952. The molecule has 0 saturated heterocycles. The van der Waals surface area contributed by atoms with Gasteiger partial charge in [-0.1, -0.05) is 53.6 Å². The maximum Gasteiger partial charge on any atom is 0.274 e. The first-order chi connectivity index (χ1) is 13.0. The van der Waals surface area contributed by atoms with E-state index in [1.54, 1.807) is 30.3 Å². The Hall–Kier alpha value is -3.18. The van der Waals surface area contributed by atoms with Gasteiger partial charge in [0.2, 0.25) is 0 Å². The summed E-state index contributed by atoms with van der Waals surface area (Å²) in [6, 6.07) is 17.8. The van der Waals surface area contributed by atoms with Crippen molar-refractivity contribution >= 4 is 29.1 Å². The fourth-order valence-corrected chi connectivity index (χ4v) is 2.62. The monoisotopic (exact) mass is 379 g/mol. The van der Waals surface area contributed by atoms with Crippen LogP contribution in [0.15, 0.2) is 66.9 Å². The van der Waals surface area contributed by atoms with Crippen LogP contribution in [0.4, 0.5) is 5.69 Å². The zero-order valence-corrected chi connectivity index (χ0v) is 15.5. The summed E-state index contributed by atoms with van der Waals surface area (Å²) >= 11 is 6.05. The van der Waals surface area contributed by atoms with Crippen LogP contribution in [0.25, 0.3) is 0 Å². The van der Waals surface area contributed by atoms with Crippen LogP contribution in [0.3, 0.4) is 0 Å². The van der Waals surface area contributed by atoms with Crippen LogP contribution in [0.1, 0.15) is 32.0 Å². The minimum absolute atomic E-state index is 0.137. The second-order valence-corrected chi connectivity index (χ2v) is 6.44. The van der Waals surface area contributed by atoms with Crippen molar-refractivity contribution in [3.8, 4) is 0 Å². The van der Waals surface area contributed by atoms with Crippen molar-refractivity contribution in [1.29, 1.82) is 0 Å². The predicted molar refractivity (Wildman–Crippen MR) is 106 cm³/mol. The normalized spacial score (nSPS) is 10.3. The third-order valence-electron chi connectivity index (χ3n) is 3.95. The summed E-state index contributed by atoms with van der Waals surface area (Å²) in [7, 11) is 0. The molecular formula is C21H18ClN3O2. The van der Waals surface area contributed by atoms with Gasteiger partial charge in [0, 0.05) is 18.3 Å². The fourth-order valence-electron chi connectivity index (χ4n) is 2.44. The van der Waals surface area contributed by atoms with Gasteiger partial charge in [0.1, 0.15) is 5.69 Å². The molecule has 0 saturated carbocycles. The zero-order valence-electron chi connectivity index (χ0n) is 14.7. The second-order valence-electron chi connectivity index (χ2n) is 6.03. The van der Waals surface area contributed by atoms with E-state index < -0.39 is 5.91 Å². The Morgan fingerprint density at radius 1 is 1.00 bits per heavy atom. The van der Waals surface area contributed by atoms with Crippen molar-refractivity contribution in [2.75, 3.05) is 5.32 Å². The molecule has 1 heterocycles. The average molecular weight is 380 g/mol. The van der Waals surface area contributed by atoms with Gasteiger partial charge in [0.25, 0.3) is 11.8 Å². The molecule has 3 aromatic rings. The Morgan fingerprint density at radius 3 is 2.48 bits per heavy atom. The molecule has 0 atom stereocenters. The van der Waals surface area contributed by atoms with Crippen molar-refractivity contribution < 1.29 is 9.59 Å². The third kappa shape index (κ3) is 4.92. The number of pyridine rings is 1. The highest BCUT2D eigenvalue weighted by molar-refractivity contribution is 6.33. The molecule has 0 fully saturated rings. The van der Waals surface area contributed by atoms with Crippen LogP contribution < -0.4 is 10.6 Å². The van der Waals surface area contributed by atoms with Gasteiger partial charge in [-0.2, -0.15) is 0 Å². The molecule has 2 amide bonds. The van der Waals surface area contributed by atoms with Gasteiger partial charge in [0.05, 0.1) is 10.7 Å². The number of carbonyl (C=O) groups excluding carboxylic acids is 2. The molecule has 1 aromatic heterocycles. The number of benzene rings is 2. The van der Waals surface area contributed by atoms with Gasteiger partial charge < -0.3 is 10.6 Å². The van der Waals surface area contributed by atoms with Crippen LogP contribution in [0, 0.1) is 6.92 Å². The summed E-state index contributed by atoms with van der Waals surface area (Å²) in [5.41, 5.74) is 3.15. The highest BCUT2D eigenvalue weighted by atomic mass is 35.5. The molecule has 0 aliphatic carbocycles. The predicted octanol–water partition coefficient (Wildman–Crippen LogP) is 4.23. The zero-order chi connectivity index (χ0) is 19.2. The number of nitrogens with one attached hydrogen (secondary N) is 2. The van der Waals surface area contributed by atoms with Crippen LogP contribution in [-0.4, -0.2) is 16.8 Å². The molecule has 0 aliphatic heterocycles. The Balaban J connectivity index is 1.67. The SMILES string of the molecule is Cc1ccc(CNC(=O)c2ccnc(C(=O)Nc3ccccc3Cl)c2)cc1. The minimum atomic E-state index is -0.434. The molecule has 6 heteroatoms. The standard InChI is InChI=1S/C21H18ClN3O2/c1-14-6-8-15(9-7-14)13-24-20(26)16-10-11-23-19(12-16)21(27)25-18-5-3-2-4-17(18)22/h2-12H,13H2,1H3,(H,24,26)(H,25,27). The molecule has 0 bridgehead atoms. The number of hydrogen-bond donors (Lipinski definition) is 2. The maximum absolute atomic E-state index is 12.4. The lowest BCUT2D eigenvalue weighted by Crippen LogP contribution is -2.23. The highest BCUT2D eigenvalue weighted by Gasteiger charge is 2.13. The number of hydrogen-bond acceptors (Lipinski definition) is 3. The highest BCUT2D eigenvalue weighted by Crippen LogP contribution is 2.21. The summed E-state index contributed by atoms with van der Waals surface area (Å²) < 4.78 is 0. The smallest absolute Gasteiger partial charge is 0.274 e. The lowest BCUT2D eigenvalue weighted by atomic mass is 10.1. The van der Waals surface area contributed by atoms with Crippen LogP contribution in [0.2, 0.25) is 5.02 Å². The molecule has 5 nitrogen and oxygen atoms in total. The third-order valence-corrected chi connectivity index (χ3v) is 4.28. The number of aryl methyl sites for hydroxylation is 1. The molecular weight excluding hydrogens is 362 g/mol. The molecule has 2 N–H and O–H groups in total. The van der Waals surface area contributed by atoms with E-state index in [1.165, 1.54) is 12.3 Å². The molecule has 0 spiro atoms. The van der Waals surface area contributed by atoms with E-state index in [1.807, 2.05) is 31.2 Å². The Labute approximate surface area is 162 Å². The minimum Gasteiger partial charge on any atom is -0.348 e. The van der Waals surface area contributed by atoms with E-state index in [-0.39, 0.29) is 11.6 Å². The van der Waals surface area contributed by atoms with Crippen LogP contribution in [-0.2, 0) is 6.54 Å². The van der Waals surface area contributed by atoms with E-state index in [4.69, 9.17) is 11.6 Å². The molecule has 136 valence electrons. The number of anilines is 1. The van der Waals surface area contributed by atoms with Gasteiger partial charge >= 0.3 is 0 Å². The lowest BCUT2D eigenvalue weighted by Gasteiger charge is -2.08. The number of rotatable bonds is 5. The quantitative estimate of drug-likeness (QED) is 0.697. The van der Waals surface area contributed by atoms with Crippen molar-refractivity contribution in [1.82, 2.24) is 10.3 Å². The van der Waals surface area contributed by atoms with E-state index in [2.05, 4.69) is 15.6 Å². The average Bonchev–Trinajstić information content (AvgIpc) is 2.69. The van der Waals surface area contributed by atoms with E-state index in [9.17, 15) is 9.59 Å². The Bertz CT molecular complexity index is 971. The van der Waals surface area contributed by atoms with Gasteiger partial charge in [-0.05, 0) is 36.8 Å². The first-order valence-electron chi connectivity index (χ1n) is 8.38. The summed E-state index contributed by atoms with van der Waals surface area (Å²) in [5, 5.41) is 5.96. The lowest BCUT2D eigenvalue weighted by molar-refractivity contribution is 0.0951. The van der Waals surface area contributed by atoms with E-state index in [0.29, 0.717) is 22.8 Å². The Morgan fingerprint density at radius 2 is 1.74 bits per heavy atom. The van der Waals surface area contributed by atoms with Crippen molar-refractivity contribution in [2.45, 2.75) is 13.5 Å². The van der Waals surface area contributed by atoms with Crippen molar-refractivity contribution in [3.05, 3.63) is 94.3 Å². The number of halogens is 1. The summed E-state index contributed by atoms with van der Waals surface area (Å²) in [4.78, 5) is 28.8. The van der Waals surface area contributed by atoms with E-state index >= 15 is 0 Å². The molecule has 0 radical (unpaired) electrons. The maximum atomic E-state index is 12.4. The van der Waals surface area contributed by atoms with Gasteiger partial charge in [-0.25, -0.2) is 0 Å². The number of carbonyl (C=O) groups is 2. The molecule has 3 rings (SSSR count). The largest absolute Gasteiger partial charge is 0.348 e. The number of para-hydroxylation sites is 1. The van der Waals surface area contributed by atoms with Gasteiger partial charge in [-0.3, -0.25) is 14.6 Å². The molecule has 0 aliphatic rings. The summed E-state index contributed by atoms with van der Waals surface area (Å²) in [6.07, 6.45) is 1.43. The first kappa shape index (κ1) is 18.6. The summed E-state index contributed by atoms with van der Waals surface area (Å²) in [5.74, 6) is -0.707. The van der Waals surface area contributed by atoms with Crippen molar-refractivity contribution in [2.24, 2.45) is 0 Å². The van der Waals surface area contributed by atoms with Gasteiger partial charge in [-0.15, -0.1) is 0 Å². The van der Waals surface area contributed by atoms with Gasteiger partial charge in [0.15, 0.2) is 0 Å². The van der Waals surface area contributed by atoms with E-state index in [0.717, 1.165) is 11.1 Å². The number of amides is 2. The first-order valence-corrected chi connectivity index (χ1v) is 8.76. The molecule has 2 aromatic carbocycles. The summed E-state index contributed by atoms with van der Waals surface area (Å²) in [6.45, 7) is 2.41. The second kappa shape index (κ2) is 8.47. The van der Waals surface area contributed by atoms with Crippen molar-refractivity contribution in [3.63, 3.8) is 0 Å². The molecule has 0 unspecified atom stereocenters.